The quantitative estimate of drug-likeness (QED) is 0.872. The van der Waals surface area contributed by atoms with Gasteiger partial charge in [-0.2, -0.15) is 0 Å². The van der Waals surface area contributed by atoms with Crippen LogP contribution < -0.4 is 0 Å². The second-order valence-corrected chi connectivity index (χ2v) is 5.73. The number of rotatable bonds is 3. The molecule has 1 fully saturated rings. The van der Waals surface area contributed by atoms with Gasteiger partial charge in [0.25, 0.3) is 0 Å². The van der Waals surface area contributed by atoms with Crippen molar-refractivity contribution in [3.8, 4) is 0 Å². The summed E-state index contributed by atoms with van der Waals surface area (Å²) in [6.07, 6.45) is 4.78. The Morgan fingerprint density at radius 1 is 1.22 bits per heavy atom. The maximum Gasteiger partial charge on any atom is 0.314 e. The summed E-state index contributed by atoms with van der Waals surface area (Å²) < 4.78 is 0. The van der Waals surface area contributed by atoms with Crippen LogP contribution >= 0.6 is 0 Å². The fraction of sp³-hybridized carbons (Fsp3) is 0.562. The second-order valence-electron chi connectivity index (χ2n) is 5.73. The molecule has 1 aliphatic rings. The third kappa shape index (κ3) is 2.29. The van der Waals surface area contributed by atoms with Crippen LogP contribution in [-0.2, 0) is 10.2 Å². The van der Waals surface area contributed by atoms with E-state index in [0.29, 0.717) is 5.92 Å². The van der Waals surface area contributed by atoms with Crippen LogP contribution in [0.2, 0.25) is 0 Å². The van der Waals surface area contributed by atoms with Crippen LogP contribution in [0.25, 0.3) is 0 Å². The van der Waals surface area contributed by atoms with Crippen molar-refractivity contribution in [2.75, 3.05) is 0 Å². The Balaban J connectivity index is 2.42. The third-order valence-electron chi connectivity index (χ3n) is 4.22. The van der Waals surface area contributed by atoms with E-state index in [9.17, 15) is 9.90 Å². The van der Waals surface area contributed by atoms with Crippen LogP contribution in [0.4, 0.5) is 0 Å². The molecule has 0 bridgehead atoms. The highest BCUT2D eigenvalue weighted by Gasteiger charge is 2.41. The molecular formula is C16H22O2. The molecule has 0 aliphatic heterocycles. The minimum absolute atomic E-state index is 0.444. The number of hydrogen-bond donors (Lipinski definition) is 1. The van der Waals surface area contributed by atoms with Gasteiger partial charge < -0.3 is 5.11 Å². The zero-order valence-corrected chi connectivity index (χ0v) is 11.3. The Morgan fingerprint density at radius 3 is 2.44 bits per heavy atom. The number of carbonyl (C=O) groups is 1. The van der Waals surface area contributed by atoms with Crippen LogP contribution in [0.5, 0.6) is 0 Å². The molecule has 2 rings (SSSR count). The molecule has 0 unspecified atom stereocenters. The second kappa shape index (κ2) is 5.13. The van der Waals surface area contributed by atoms with Crippen LogP contribution in [-0.4, -0.2) is 11.1 Å². The molecule has 0 atom stereocenters. The van der Waals surface area contributed by atoms with Crippen LogP contribution in [0.15, 0.2) is 24.3 Å². The molecule has 0 radical (unpaired) electrons. The molecule has 1 saturated carbocycles. The van der Waals surface area contributed by atoms with E-state index in [0.717, 1.165) is 31.2 Å². The topological polar surface area (TPSA) is 37.3 Å². The minimum atomic E-state index is -0.650. The van der Waals surface area contributed by atoms with E-state index in [-0.39, 0.29) is 0 Å². The van der Waals surface area contributed by atoms with Crippen molar-refractivity contribution in [3.63, 3.8) is 0 Å². The van der Waals surface area contributed by atoms with Gasteiger partial charge in [-0.15, -0.1) is 0 Å². The van der Waals surface area contributed by atoms with Gasteiger partial charge in [-0.25, -0.2) is 0 Å². The smallest absolute Gasteiger partial charge is 0.314 e. The van der Waals surface area contributed by atoms with E-state index in [2.05, 4.69) is 26.0 Å². The Labute approximate surface area is 109 Å². The van der Waals surface area contributed by atoms with Gasteiger partial charge in [0, 0.05) is 0 Å². The SMILES string of the molecule is CC(C)c1cccc(C2(C(=O)O)CCCCC2)c1. The number of carboxylic acids is 1. The number of benzene rings is 1. The Bertz CT molecular complexity index is 428. The molecule has 0 saturated heterocycles. The average Bonchev–Trinajstić information content (AvgIpc) is 2.39. The van der Waals surface area contributed by atoms with Crippen LogP contribution in [0.1, 0.15) is 63.0 Å². The van der Waals surface area contributed by atoms with Gasteiger partial charge >= 0.3 is 5.97 Å². The summed E-state index contributed by atoms with van der Waals surface area (Å²) in [4.78, 5) is 11.8. The number of carboxylic acid groups (broad SMARTS) is 1. The predicted octanol–water partition coefficient (Wildman–Crippen LogP) is 4.10. The predicted molar refractivity (Wildman–Crippen MR) is 72.9 cm³/mol. The lowest BCUT2D eigenvalue weighted by Crippen LogP contribution is -2.37. The van der Waals surface area contributed by atoms with Crippen molar-refractivity contribution < 1.29 is 9.90 Å². The highest BCUT2D eigenvalue weighted by Crippen LogP contribution is 2.40. The summed E-state index contributed by atoms with van der Waals surface area (Å²) in [5.74, 6) is -0.206. The largest absolute Gasteiger partial charge is 0.481 e. The molecule has 0 spiro atoms. The summed E-state index contributed by atoms with van der Waals surface area (Å²) in [7, 11) is 0. The number of hydrogen-bond acceptors (Lipinski definition) is 1. The Kier molecular flexibility index (Phi) is 3.74. The van der Waals surface area contributed by atoms with Gasteiger partial charge in [0.05, 0.1) is 5.41 Å². The standard InChI is InChI=1S/C16H22O2/c1-12(2)13-7-6-8-14(11-13)16(15(17)18)9-4-3-5-10-16/h6-8,11-12H,3-5,9-10H2,1-2H3,(H,17,18). The molecule has 0 aromatic heterocycles. The van der Waals surface area contributed by atoms with Crippen molar-refractivity contribution >= 4 is 5.97 Å². The molecule has 98 valence electrons. The average molecular weight is 246 g/mol. The van der Waals surface area contributed by atoms with Crippen molar-refractivity contribution in [3.05, 3.63) is 35.4 Å². The van der Waals surface area contributed by atoms with E-state index in [4.69, 9.17) is 0 Å². The highest BCUT2D eigenvalue weighted by atomic mass is 16.4. The fourth-order valence-corrected chi connectivity index (χ4v) is 2.98. The van der Waals surface area contributed by atoms with Gasteiger partial charge in [-0.05, 0) is 29.9 Å². The van der Waals surface area contributed by atoms with E-state index >= 15 is 0 Å². The molecular weight excluding hydrogens is 224 g/mol. The first-order chi connectivity index (χ1) is 8.56. The van der Waals surface area contributed by atoms with Crippen molar-refractivity contribution in [1.82, 2.24) is 0 Å². The van der Waals surface area contributed by atoms with Gasteiger partial charge in [0.15, 0.2) is 0 Å². The maximum atomic E-state index is 11.8. The first kappa shape index (κ1) is 13.1. The monoisotopic (exact) mass is 246 g/mol. The lowest BCUT2D eigenvalue weighted by atomic mass is 9.69. The first-order valence-corrected chi connectivity index (χ1v) is 6.90. The zero-order chi connectivity index (χ0) is 13.2. The van der Waals surface area contributed by atoms with E-state index in [1.165, 1.54) is 12.0 Å². The summed E-state index contributed by atoms with van der Waals surface area (Å²) in [5.41, 5.74) is 1.60. The van der Waals surface area contributed by atoms with Crippen molar-refractivity contribution in [1.29, 1.82) is 0 Å². The Morgan fingerprint density at radius 2 is 1.89 bits per heavy atom. The van der Waals surface area contributed by atoms with Gasteiger partial charge in [0.1, 0.15) is 0 Å². The number of aliphatic carboxylic acids is 1. The van der Waals surface area contributed by atoms with Crippen molar-refractivity contribution in [2.45, 2.75) is 57.3 Å². The van der Waals surface area contributed by atoms with E-state index in [1.54, 1.807) is 0 Å². The van der Waals surface area contributed by atoms with Gasteiger partial charge in [-0.3, -0.25) is 4.79 Å². The highest BCUT2D eigenvalue weighted by molar-refractivity contribution is 5.81. The van der Waals surface area contributed by atoms with Gasteiger partial charge in [0.2, 0.25) is 0 Å². The molecule has 0 amide bonds. The first-order valence-electron chi connectivity index (χ1n) is 6.90. The summed E-state index contributed by atoms with van der Waals surface area (Å²) >= 11 is 0. The molecule has 2 heteroatoms. The van der Waals surface area contributed by atoms with E-state index in [1.807, 2.05) is 12.1 Å². The molecule has 1 N–H and O–H groups in total. The zero-order valence-electron chi connectivity index (χ0n) is 11.3. The maximum absolute atomic E-state index is 11.8. The van der Waals surface area contributed by atoms with Crippen LogP contribution in [0, 0.1) is 0 Å². The van der Waals surface area contributed by atoms with Crippen molar-refractivity contribution in [2.24, 2.45) is 0 Å². The fourth-order valence-electron chi connectivity index (χ4n) is 2.98. The molecule has 1 aromatic rings. The Hall–Kier alpha value is -1.31. The lowest BCUT2D eigenvalue weighted by molar-refractivity contribution is -0.145. The van der Waals surface area contributed by atoms with E-state index < -0.39 is 11.4 Å². The molecule has 1 aliphatic carbocycles. The summed E-state index contributed by atoms with van der Waals surface area (Å²) in [6.45, 7) is 4.29. The molecule has 2 nitrogen and oxygen atoms in total. The minimum Gasteiger partial charge on any atom is -0.481 e. The summed E-state index contributed by atoms with van der Waals surface area (Å²) in [5, 5.41) is 9.67. The molecule has 0 heterocycles. The lowest BCUT2D eigenvalue weighted by Gasteiger charge is -2.34. The summed E-state index contributed by atoms with van der Waals surface area (Å²) in [6, 6.07) is 8.19. The van der Waals surface area contributed by atoms with Gasteiger partial charge in [-0.1, -0.05) is 57.4 Å². The molecule has 18 heavy (non-hydrogen) atoms. The third-order valence-corrected chi connectivity index (χ3v) is 4.22. The normalized spacial score (nSPS) is 18.8. The molecule has 1 aromatic carbocycles. The van der Waals surface area contributed by atoms with Crippen LogP contribution in [0.3, 0.4) is 0 Å².